The molecule has 0 aliphatic heterocycles. The molecule has 1 aromatic rings. The van der Waals surface area contributed by atoms with Gasteiger partial charge >= 0.3 is 0 Å². The van der Waals surface area contributed by atoms with Crippen LogP contribution in [0, 0.1) is 11.3 Å². The maximum atomic E-state index is 9.11. The van der Waals surface area contributed by atoms with Crippen molar-refractivity contribution >= 4 is 5.71 Å². The lowest BCUT2D eigenvalue weighted by atomic mass is 9.96. The fourth-order valence-corrected chi connectivity index (χ4v) is 1.43. The van der Waals surface area contributed by atoms with E-state index in [0.29, 0.717) is 5.71 Å². The van der Waals surface area contributed by atoms with Gasteiger partial charge in [-0.05, 0) is 24.6 Å². The van der Waals surface area contributed by atoms with E-state index in [0.717, 1.165) is 11.3 Å². The largest absolute Gasteiger partial charge is 0.497 e. The number of hydrogen-bond donors (Lipinski definition) is 0. The van der Waals surface area contributed by atoms with Crippen molar-refractivity contribution in [3.63, 3.8) is 0 Å². The fourth-order valence-electron chi connectivity index (χ4n) is 1.43. The van der Waals surface area contributed by atoms with Gasteiger partial charge in [-0.1, -0.05) is 17.3 Å². The first-order chi connectivity index (χ1) is 7.72. The maximum Gasteiger partial charge on any atom is 0.119 e. The summed E-state index contributed by atoms with van der Waals surface area (Å²) in [5, 5.41) is 12.9. The molecule has 0 aliphatic carbocycles. The number of benzene rings is 1. The Balaban J connectivity index is 3.05. The zero-order chi connectivity index (χ0) is 12.0. The second-order valence-corrected chi connectivity index (χ2v) is 3.25. The highest BCUT2D eigenvalue weighted by Gasteiger charge is 2.15. The van der Waals surface area contributed by atoms with Gasteiger partial charge in [-0.15, -0.1) is 0 Å². The molecule has 0 N–H and O–H groups in total. The molecule has 0 fully saturated rings. The van der Waals surface area contributed by atoms with Crippen LogP contribution < -0.4 is 4.74 Å². The van der Waals surface area contributed by atoms with Crippen LogP contribution in [0.15, 0.2) is 29.4 Å². The number of hydrogen-bond acceptors (Lipinski definition) is 4. The van der Waals surface area contributed by atoms with Crippen LogP contribution in [0.3, 0.4) is 0 Å². The molecule has 1 aromatic carbocycles. The number of nitriles is 1. The predicted octanol–water partition coefficient (Wildman–Crippen LogP) is 2.32. The van der Waals surface area contributed by atoms with Crippen molar-refractivity contribution < 1.29 is 9.57 Å². The van der Waals surface area contributed by atoms with E-state index < -0.39 is 5.92 Å². The minimum Gasteiger partial charge on any atom is -0.497 e. The SMILES string of the molecule is CON=C(C)C(C#N)c1cccc(OC)c1. The van der Waals surface area contributed by atoms with Crippen molar-refractivity contribution in [1.82, 2.24) is 0 Å². The standard InChI is InChI=1S/C12H14N2O2/c1-9(14-16-3)12(8-13)10-5-4-6-11(7-10)15-2/h4-7,12H,1-3H3. The van der Waals surface area contributed by atoms with Crippen molar-refractivity contribution in [3.05, 3.63) is 29.8 Å². The predicted molar refractivity (Wildman–Crippen MR) is 61.5 cm³/mol. The quantitative estimate of drug-likeness (QED) is 0.575. The fraction of sp³-hybridized carbons (Fsp3) is 0.333. The molecule has 0 heterocycles. The molecule has 16 heavy (non-hydrogen) atoms. The average molecular weight is 218 g/mol. The molecule has 0 bridgehead atoms. The zero-order valence-corrected chi connectivity index (χ0v) is 9.60. The Labute approximate surface area is 95.1 Å². The molecule has 0 aliphatic rings. The molecule has 4 nitrogen and oxygen atoms in total. The Morgan fingerprint density at radius 2 is 2.19 bits per heavy atom. The molecule has 1 atom stereocenters. The molecule has 0 saturated carbocycles. The van der Waals surface area contributed by atoms with E-state index in [1.54, 1.807) is 14.0 Å². The molecule has 0 radical (unpaired) electrons. The van der Waals surface area contributed by atoms with Crippen LogP contribution in [0.2, 0.25) is 0 Å². The summed E-state index contributed by atoms with van der Waals surface area (Å²) in [5.41, 5.74) is 1.47. The van der Waals surface area contributed by atoms with Crippen molar-refractivity contribution in [3.8, 4) is 11.8 Å². The summed E-state index contributed by atoms with van der Waals surface area (Å²) in [6.07, 6.45) is 0. The first-order valence-electron chi connectivity index (χ1n) is 4.84. The molecule has 4 heteroatoms. The van der Waals surface area contributed by atoms with Crippen LogP contribution in [0.5, 0.6) is 5.75 Å². The van der Waals surface area contributed by atoms with Crippen molar-refractivity contribution in [2.75, 3.05) is 14.2 Å². The minimum atomic E-state index is -0.407. The van der Waals surface area contributed by atoms with Gasteiger partial charge in [-0.25, -0.2) is 0 Å². The molecule has 0 amide bonds. The van der Waals surface area contributed by atoms with E-state index in [1.165, 1.54) is 7.11 Å². The third-order valence-corrected chi connectivity index (χ3v) is 2.21. The normalized spacial score (nSPS) is 12.8. The average Bonchev–Trinajstić information content (AvgIpc) is 2.31. The maximum absolute atomic E-state index is 9.11. The molecule has 1 rings (SSSR count). The summed E-state index contributed by atoms with van der Waals surface area (Å²) < 4.78 is 5.11. The highest BCUT2D eigenvalue weighted by atomic mass is 16.6. The van der Waals surface area contributed by atoms with Gasteiger partial charge < -0.3 is 9.57 Å². The van der Waals surface area contributed by atoms with Crippen LogP contribution in [0.1, 0.15) is 18.4 Å². The molecule has 84 valence electrons. The molecular formula is C12H14N2O2. The number of methoxy groups -OCH3 is 1. The van der Waals surface area contributed by atoms with E-state index in [2.05, 4.69) is 16.1 Å². The first kappa shape index (κ1) is 12.1. The lowest BCUT2D eigenvalue weighted by Gasteiger charge is -2.09. The summed E-state index contributed by atoms with van der Waals surface area (Å²) in [4.78, 5) is 4.67. The van der Waals surface area contributed by atoms with Crippen LogP contribution in [0.25, 0.3) is 0 Å². The monoisotopic (exact) mass is 218 g/mol. The van der Waals surface area contributed by atoms with Crippen LogP contribution in [-0.4, -0.2) is 19.9 Å². The lowest BCUT2D eigenvalue weighted by molar-refractivity contribution is 0.212. The second kappa shape index (κ2) is 5.76. The van der Waals surface area contributed by atoms with E-state index >= 15 is 0 Å². The number of oxime groups is 1. The van der Waals surface area contributed by atoms with Crippen molar-refractivity contribution in [2.45, 2.75) is 12.8 Å². The van der Waals surface area contributed by atoms with Gasteiger partial charge in [0.15, 0.2) is 0 Å². The summed E-state index contributed by atoms with van der Waals surface area (Å²) in [6.45, 7) is 1.76. The number of ether oxygens (including phenoxy) is 1. The zero-order valence-electron chi connectivity index (χ0n) is 9.60. The molecule has 1 unspecified atom stereocenters. The summed E-state index contributed by atoms with van der Waals surface area (Å²) in [7, 11) is 3.06. The Morgan fingerprint density at radius 1 is 1.44 bits per heavy atom. The second-order valence-electron chi connectivity index (χ2n) is 3.25. The van der Waals surface area contributed by atoms with E-state index in [-0.39, 0.29) is 0 Å². The van der Waals surface area contributed by atoms with Crippen LogP contribution in [-0.2, 0) is 4.84 Å². The summed E-state index contributed by atoms with van der Waals surface area (Å²) in [6, 6.07) is 9.56. The van der Waals surface area contributed by atoms with E-state index in [4.69, 9.17) is 10.00 Å². The van der Waals surface area contributed by atoms with Crippen molar-refractivity contribution in [1.29, 1.82) is 5.26 Å². The minimum absolute atomic E-state index is 0.407. The highest BCUT2D eigenvalue weighted by Crippen LogP contribution is 2.21. The van der Waals surface area contributed by atoms with Gasteiger partial charge in [-0.2, -0.15) is 5.26 Å². The lowest BCUT2D eigenvalue weighted by Crippen LogP contribution is -2.07. The third kappa shape index (κ3) is 2.74. The topological polar surface area (TPSA) is 54.6 Å². The van der Waals surface area contributed by atoms with Gasteiger partial charge in [-0.3, -0.25) is 0 Å². The molecular weight excluding hydrogens is 204 g/mol. The smallest absolute Gasteiger partial charge is 0.119 e. The molecule has 0 saturated heterocycles. The first-order valence-corrected chi connectivity index (χ1v) is 4.84. The Morgan fingerprint density at radius 3 is 2.75 bits per heavy atom. The van der Waals surface area contributed by atoms with Gasteiger partial charge in [0, 0.05) is 0 Å². The van der Waals surface area contributed by atoms with E-state index in [1.807, 2.05) is 24.3 Å². The summed E-state index contributed by atoms with van der Waals surface area (Å²) in [5.74, 6) is 0.318. The highest BCUT2D eigenvalue weighted by molar-refractivity contribution is 5.90. The van der Waals surface area contributed by atoms with Gasteiger partial charge in [0.1, 0.15) is 18.8 Å². The molecule has 0 aromatic heterocycles. The Hall–Kier alpha value is -2.02. The van der Waals surface area contributed by atoms with Gasteiger partial charge in [0.2, 0.25) is 0 Å². The number of nitrogens with zero attached hydrogens (tertiary/aromatic N) is 2. The van der Waals surface area contributed by atoms with Gasteiger partial charge in [0.05, 0.1) is 18.9 Å². The van der Waals surface area contributed by atoms with Gasteiger partial charge in [0.25, 0.3) is 0 Å². The van der Waals surface area contributed by atoms with E-state index in [9.17, 15) is 0 Å². The third-order valence-electron chi connectivity index (χ3n) is 2.21. The van der Waals surface area contributed by atoms with Crippen LogP contribution in [0.4, 0.5) is 0 Å². The Bertz CT molecular complexity index is 421. The van der Waals surface area contributed by atoms with Crippen LogP contribution >= 0.6 is 0 Å². The summed E-state index contributed by atoms with van der Waals surface area (Å²) >= 11 is 0. The number of rotatable bonds is 4. The Kier molecular flexibility index (Phi) is 4.34. The van der Waals surface area contributed by atoms with Crippen molar-refractivity contribution in [2.24, 2.45) is 5.16 Å². The molecule has 0 spiro atoms.